The molecular formula is C13H19FN2O3S. The summed E-state index contributed by atoms with van der Waals surface area (Å²) in [6.45, 7) is 1.71. The second kappa shape index (κ2) is 6.51. The number of sulfonamides is 1. The van der Waals surface area contributed by atoms with Gasteiger partial charge >= 0.3 is 0 Å². The molecule has 0 radical (unpaired) electrons. The molecule has 0 aliphatic carbocycles. The minimum absolute atomic E-state index is 0.0350. The minimum atomic E-state index is -3.47. The van der Waals surface area contributed by atoms with Crippen LogP contribution in [-0.2, 0) is 10.0 Å². The summed E-state index contributed by atoms with van der Waals surface area (Å²) in [5, 5.41) is 5.08. The zero-order chi connectivity index (χ0) is 14.6. The van der Waals surface area contributed by atoms with Crippen LogP contribution < -0.4 is 9.88 Å². The molecule has 112 valence electrons. The maximum absolute atomic E-state index is 13.4. The van der Waals surface area contributed by atoms with Gasteiger partial charge in [0.15, 0.2) is 11.6 Å². The van der Waals surface area contributed by atoms with Gasteiger partial charge in [-0.15, -0.1) is 0 Å². The molecule has 7 heteroatoms. The fourth-order valence-corrected chi connectivity index (χ4v) is 3.39. The second-order valence-corrected chi connectivity index (χ2v) is 6.60. The van der Waals surface area contributed by atoms with Gasteiger partial charge in [-0.25, -0.2) is 17.9 Å². The lowest BCUT2D eigenvalue weighted by Gasteiger charge is -2.23. The van der Waals surface area contributed by atoms with Gasteiger partial charge in [0.1, 0.15) is 6.61 Å². The monoisotopic (exact) mass is 302 g/mol. The summed E-state index contributed by atoms with van der Waals surface area (Å²) < 4.78 is 41.0. The summed E-state index contributed by atoms with van der Waals surface area (Å²) in [5.41, 5.74) is 0. The van der Waals surface area contributed by atoms with Crippen molar-refractivity contribution in [2.75, 3.05) is 25.4 Å². The van der Waals surface area contributed by atoms with E-state index in [-0.39, 0.29) is 17.5 Å². The Hall–Kier alpha value is -1.18. The summed E-state index contributed by atoms with van der Waals surface area (Å²) in [6.07, 6.45) is 1.76. The highest BCUT2D eigenvalue weighted by molar-refractivity contribution is 7.89. The van der Waals surface area contributed by atoms with Crippen molar-refractivity contribution in [3.63, 3.8) is 0 Å². The first-order valence-electron chi connectivity index (χ1n) is 6.57. The molecule has 1 aromatic rings. The van der Waals surface area contributed by atoms with E-state index in [1.807, 2.05) is 4.90 Å². The van der Waals surface area contributed by atoms with Crippen molar-refractivity contribution < 1.29 is 17.5 Å². The summed E-state index contributed by atoms with van der Waals surface area (Å²) in [7, 11) is -3.47. The number of ether oxygens (including phenoxy) is 1. The first-order valence-corrected chi connectivity index (χ1v) is 8.29. The highest BCUT2D eigenvalue weighted by Crippen LogP contribution is 2.19. The Morgan fingerprint density at radius 3 is 2.85 bits per heavy atom. The molecule has 1 heterocycles. The zero-order valence-corrected chi connectivity index (χ0v) is 12.0. The van der Waals surface area contributed by atoms with Crippen LogP contribution in [0.4, 0.5) is 4.39 Å². The largest absolute Gasteiger partial charge is 0.489 e. The van der Waals surface area contributed by atoms with E-state index in [9.17, 15) is 12.8 Å². The third kappa shape index (κ3) is 4.43. The molecule has 5 nitrogen and oxygen atoms in total. The Kier molecular flexibility index (Phi) is 4.95. The van der Waals surface area contributed by atoms with Crippen LogP contribution in [0.2, 0.25) is 0 Å². The van der Waals surface area contributed by atoms with Crippen molar-refractivity contribution in [2.45, 2.75) is 18.9 Å². The third-order valence-electron chi connectivity index (χ3n) is 3.40. The molecule has 1 saturated heterocycles. The maximum atomic E-state index is 13.4. The van der Waals surface area contributed by atoms with Gasteiger partial charge in [-0.3, -0.25) is 4.90 Å². The topological polar surface area (TPSA) is 72.6 Å². The number of hydrogen-bond donors (Lipinski definition) is 1. The van der Waals surface area contributed by atoms with E-state index in [1.54, 1.807) is 18.2 Å². The first kappa shape index (κ1) is 15.2. The molecule has 20 heavy (non-hydrogen) atoms. The SMILES string of the molecule is NS(=O)(=O)C[C@H]1CCCN1CCOc1ccccc1F. The van der Waals surface area contributed by atoms with Crippen LogP contribution in [0.1, 0.15) is 12.8 Å². The van der Waals surface area contributed by atoms with Crippen LogP contribution >= 0.6 is 0 Å². The lowest BCUT2D eigenvalue weighted by atomic mass is 10.2. The number of nitrogens with zero attached hydrogens (tertiary/aromatic N) is 1. The third-order valence-corrected chi connectivity index (χ3v) is 4.25. The summed E-state index contributed by atoms with van der Waals surface area (Å²) >= 11 is 0. The van der Waals surface area contributed by atoms with Crippen LogP contribution in [0.5, 0.6) is 5.75 Å². The van der Waals surface area contributed by atoms with E-state index in [4.69, 9.17) is 9.88 Å². The molecule has 1 fully saturated rings. The van der Waals surface area contributed by atoms with E-state index in [0.717, 1.165) is 19.4 Å². The number of rotatable bonds is 6. The fourth-order valence-electron chi connectivity index (χ4n) is 2.48. The molecule has 0 amide bonds. The molecule has 2 N–H and O–H groups in total. The Morgan fingerprint density at radius 1 is 1.40 bits per heavy atom. The molecule has 0 saturated carbocycles. The molecule has 2 rings (SSSR count). The second-order valence-electron chi connectivity index (χ2n) is 4.94. The number of primary sulfonamides is 1. The van der Waals surface area contributed by atoms with Gasteiger partial charge in [-0.05, 0) is 31.5 Å². The van der Waals surface area contributed by atoms with Gasteiger partial charge in [0, 0.05) is 12.6 Å². The molecule has 0 aromatic heterocycles. The number of benzene rings is 1. The molecule has 1 aliphatic rings. The van der Waals surface area contributed by atoms with Crippen molar-refractivity contribution in [3.05, 3.63) is 30.1 Å². The van der Waals surface area contributed by atoms with Crippen molar-refractivity contribution >= 4 is 10.0 Å². The Bertz CT molecular complexity index is 550. The quantitative estimate of drug-likeness (QED) is 0.849. The van der Waals surface area contributed by atoms with Crippen LogP contribution in [-0.4, -0.2) is 44.8 Å². The normalized spacial score (nSPS) is 20.2. The maximum Gasteiger partial charge on any atom is 0.210 e. The summed E-state index contributed by atoms with van der Waals surface area (Å²) in [6, 6.07) is 6.16. The van der Waals surface area contributed by atoms with Gasteiger partial charge in [-0.1, -0.05) is 12.1 Å². The Morgan fingerprint density at radius 2 is 2.15 bits per heavy atom. The van der Waals surface area contributed by atoms with E-state index in [2.05, 4.69) is 0 Å². The van der Waals surface area contributed by atoms with Crippen molar-refractivity contribution in [1.82, 2.24) is 4.90 Å². The van der Waals surface area contributed by atoms with Crippen LogP contribution in [0, 0.1) is 5.82 Å². The van der Waals surface area contributed by atoms with E-state index >= 15 is 0 Å². The standard InChI is InChI=1S/C13H19FN2O3S/c14-12-5-1-2-6-13(12)19-9-8-16-7-3-4-11(16)10-20(15,17)18/h1-2,5-6,11H,3-4,7-10H2,(H2,15,17,18)/t11-/m1/s1. The van der Waals surface area contributed by atoms with E-state index in [0.29, 0.717) is 13.2 Å². The van der Waals surface area contributed by atoms with E-state index < -0.39 is 15.8 Å². The Balaban J connectivity index is 1.83. The van der Waals surface area contributed by atoms with Crippen molar-refractivity contribution in [3.8, 4) is 5.75 Å². The van der Waals surface area contributed by atoms with Crippen molar-refractivity contribution in [1.29, 1.82) is 0 Å². The number of halogens is 1. The lowest BCUT2D eigenvalue weighted by Crippen LogP contribution is -2.39. The summed E-state index contributed by atoms with van der Waals surface area (Å²) in [5.74, 6) is -0.211. The van der Waals surface area contributed by atoms with Gasteiger partial charge in [-0.2, -0.15) is 0 Å². The number of para-hydroxylation sites is 1. The fraction of sp³-hybridized carbons (Fsp3) is 0.538. The number of nitrogens with two attached hydrogens (primary N) is 1. The average Bonchev–Trinajstić information content (AvgIpc) is 2.77. The van der Waals surface area contributed by atoms with Gasteiger partial charge in [0.2, 0.25) is 10.0 Å². The highest BCUT2D eigenvalue weighted by Gasteiger charge is 2.27. The predicted molar refractivity (Wildman–Crippen MR) is 74.5 cm³/mol. The van der Waals surface area contributed by atoms with E-state index in [1.165, 1.54) is 6.07 Å². The zero-order valence-electron chi connectivity index (χ0n) is 11.2. The molecule has 0 unspecified atom stereocenters. The summed E-state index contributed by atoms with van der Waals surface area (Å²) in [4.78, 5) is 2.03. The molecule has 1 aromatic carbocycles. The molecule has 0 bridgehead atoms. The smallest absolute Gasteiger partial charge is 0.210 e. The predicted octanol–water partition coefficient (Wildman–Crippen LogP) is 0.957. The Labute approximate surface area is 118 Å². The first-order chi connectivity index (χ1) is 9.46. The number of hydrogen-bond acceptors (Lipinski definition) is 4. The minimum Gasteiger partial charge on any atom is -0.489 e. The van der Waals surface area contributed by atoms with Gasteiger partial charge in [0.05, 0.1) is 5.75 Å². The molecule has 1 aliphatic heterocycles. The van der Waals surface area contributed by atoms with Crippen molar-refractivity contribution in [2.24, 2.45) is 5.14 Å². The van der Waals surface area contributed by atoms with Crippen LogP contribution in [0.15, 0.2) is 24.3 Å². The van der Waals surface area contributed by atoms with Crippen LogP contribution in [0.25, 0.3) is 0 Å². The lowest BCUT2D eigenvalue weighted by molar-refractivity contribution is 0.201. The molecule has 1 atom stereocenters. The van der Waals surface area contributed by atoms with Gasteiger partial charge < -0.3 is 4.74 Å². The molecular weight excluding hydrogens is 283 g/mol. The molecule has 0 spiro atoms. The average molecular weight is 302 g/mol. The van der Waals surface area contributed by atoms with Crippen LogP contribution in [0.3, 0.4) is 0 Å². The van der Waals surface area contributed by atoms with Gasteiger partial charge in [0.25, 0.3) is 0 Å². The number of likely N-dealkylation sites (tertiary alicyclic amines) is 1. The highest BCUT2D eigenvalue weighted by atomic mass is 32.2.